The van der Waals surface area contributed by atoms with Crippen LogP contribution in [0.5, 0.6) is 0 Å². The number of alkyl halides is 3. The van der Waals surface area contributed by atoms with E-state index in [1.54, 1.807) is 0 Å². The Kier molecular flexibility index (Phi) is 3.56. The first kappa shape index (κ1) is 15.0. The van der Waals surface area contributed by atoms with Crippen LogP contribution in [-0.4, -0.2) is 8.42 Å². The highest BCUT2D eigenvalue weighted by Gasteiger charge is 2.45. The molecule has 0 aromatic heterocycles. The van der Waals surface area contributed by atoms with E-state index in [0.29, 0.717) is 0 Å². The Balaban J connectivity index is 4.02. The zero-order valence-electron chi connectivity index (χ0n) is 7.75. The van der Waals surface area contributed by atoms with Gasteiger partial charge < -0.3 is 0 Å². The average molecular weight is 317 g/mol. The van der Waals surface area contributed by atoms with Gasteiger partial charge in [-0.15, -0.1) is 0 Å². The number of halogens is 8. The second kappa shape index (κ2) is 4.26. The molecule has 0 saturated heterocycles. The van der Waals surface area contributed by atoms with Gasteiger partial charge in [-0.05, 0) is 0 Å². The molecule has 0 bridgehead atoms. The van der Waals surface area contributed by atoms with Gasteiger partial charge in [0.25, 0.3) is 9.05 Å². The Morgan fingerprint density at radius 2 is 1.22 bits per heavy atom. The number of hydrogen-bond donors (Lipinski definition) is 0. The Morgan fingerprint density at radius 1 is 0.833 bits per heavy atom. The first-order valence-corrected chi connectivity index (χ1v) is 6.07. The third kappa shape index (κ3) is 2.39. The summed E-state index contributed by atoms with van der Waals surface area (Å²) in [6, 6.07) is 0. The third-order valence-corrected chi connectivity index (χ3v) is 3.09. The van der Waals surface area contributed by atoms with Gasteiger partial charge in [-0.3, -0.25) is 0 Å². The number of rotatable bonds is 1. The molecular weight excluding hydrogens is 317 g/mol. The van der Waals surface area contributed by atoms with Gasteiger partial charge in [-0.2, -0.15) is 13.2 Å². The standard InChI is InChI=1S/C7ClF7O2S/c8-18(16,17)6-1(7(13,14)15)2(9)3(10)4(11)5(6)12. The maximum Gasteiger partial charge on any atom is 0.420 e. The SMILES string of the molecule is O=S(=O)(Cl)c1c(F)c(F)c(F)c(F)c1C(F)(F)F. The lowest BCUT2D eigenvalue weighted by Crippen LogP contribution is -2.18. The summed E-state index contributed by atoms with van der Waals surface area (Å²) in [5.74, 6) is -11.1. The minimum Gasteiger partial charge on any atom is -0.207 e. The van der Waals surface area contributed by atoms with Crippen LogP contribution in [0.25, 0.3) is 0 Å². The molecule has 0 N–H and O–H groups in total. The molecule has 0 saturated carbocycles. The van der Waals surface area contributed by atoms with Gasteiger partial charge in [0.15, 0.2) is 23.3 Å². The van der Waals surface area contributed by atoms with Gasteiger partial charge in [-0.25, -0.2) is 26.0 Å². The largest absolute Gasteiger partial charge is 0.420 e. The van der Waals surface area contributed by atoms with Crippen molar-refractivity contribution in [3.8, 4) is 0 Å². The van der Waals surface area contributed by atoms with Crippen molar-refractivity contribution in [2.24, 2.45) is 0 Å². The highest BCUT2D eigenvalue weighted by molar-refractivity contribution is 8.13. The Bertz CT molecular complexity index is 607. The number of benzene rings is 1. The van der Waals surface area contributed by atoms with Crippen LogP contribution < -0.4 is 0 Å². The fourth-order valence-corrected chi connectivity index (χ4v) is 2.28. The van der Waals surface area contributed by atoms with Crippen LogP contribution in [0.3, 0.4) is 0 Å². The van der Waals surface area contributed by atoms with Crippen molar-refractivity contribution in [1.29, 1.82) is 0 Å². The molecule has 18 heavy (non-hydrogen) atoms. The first-order valence-electron chi connectivity index (χ1n) is 3.76. The predicted octanol–water partition coefficient (Wildman–Crippen LogP) is 3.19. The zero-order valence-corrected chi connectivity index (χ0v) is 9.32. The van der Waals surface area contributed by atoms with Gasteiger partial charge in [0.1, 0.15) is 10.5 Å². The van der Waals surface area contributed by atoms with Crippen molar-refractivity contribution in [3.05, 3.63) is 28.8 Å². The predicted molar refractivity (Wildman–Crippen MR) is 44.3 cm³/mol. The van der Waals surface area contributed by atoms with E-state index in [9.17, 15) is 39.2 Å². The normalized spacial score (nSPS) is 12.9. The molecule has 1 rings (SSSR count). The Labute approximate surface area is 99.4 Å². The van der Waals surface area contributed by atoms with Crippen molar-refractivity contribution in [2.45, 2.75) is 11.1 Å². The van der Waals surface area contributed by atoms with Crippen LogP contribution in [0, 0.1) is 23.3 Å². The summed E-state index contributed by atoms with van der Waals surface area (Å²) in [4.78, 5) is -2.49. The van der Waals surface area contributed by atoms with E-state index in [-0.39, 0.29) is 0 Å². The van der Waals surface area contributed by atoms with Crippen LogP contribution in [0.2, 0.25) is 0 Å². The fourth-order valence-electron chi connectivity index (χ4n) is 1.09. The summed E-state index contributed by atoms with van der Waals surface area (Å²) in [6.45, 7) is 0. The number of hydrogen-bond acceptors (Lipinski definition) is 2. The third-order valence-electron chi connectivity index (χ3n) is 1.75. The second-order valence-corrected chi connectivity index (χ2v) is 5.40. The van der Waals surface area contributed by atoms with Crippen molar-refractivity contribution < 1.29 is 39.2 Å². The van der Waals surface area contributed by atoms with Gasteiger partial charge in [-0.1, -0.05) is 0 Å². The summed E-state index contributed by atoms with van der Waals surface area (Å²) in [5.41, 5.74) is -2.83. The maximum atomic E-state index is 13.0. The van der Waals surface area contributed by atoms with Crippen LogP contribution in [-0.2, 0) is 15.2 Å². The van der Waals surface area contributed by atoms with Gasteiger partial charge in [0.2, 0.25) is 0 Å². The minimum atomic E-state index is -5.78. The molecule has 1 aromatic carbocycles. The highest BCUT2D eigenvalue weighted by Crippen LogP contribution is 2.40. The van der Waals surface area contributed by atoms with Crippen molar-refractivity contribution >= 4 is 19.7 Å². The Morgan fingerprint density at radius 3 is 1.56 bits per heavy atom. The van der Waals surface area contributed by atoms with Crippen molar-refractivity contribution in [2.75, 3.05) is 0 Å². The molecule has 0 radical (unpaired) electrons. The second-order valence-electron chi connectivity index (χ2n) is 2.90. The average Bonchev–Trinajstić information content (AvgIpc) is 2.16. The zero-order chi connectivity index (χ0) is 14.5. The molecule has 0 aliphatic heterocycles. The van der Waals surface area contributed by atoms with Crippen molar-refractivity contribution in [1.82, 2.24) is 0 Å². The van der Waals surface area contributed by atoms with Crippen LogP contribution in [0.15, 0.2) is 4.90 Å². The summed E-state index contributed by atoms with van der Waals surface area (Å²) in [5, 5.41) is 0. The summed E-state index contributed by atoms with van der Waals surface area (Å²) < 4.78 is 110. The molecule has 0 spiro atoms. The minimum absolute atomic E-state index is 2.49. The molecule has 0 unspecified atom stereocenters. The van der Waals surface area contributed by atoms with E-state index in [4.69, 9.17) is 0 Å². The molecule has 0 heterocycles. The monoisotopic (exact) mass is 316 g/mol. The van der Waals surface area contributed by atoms with Crippen LogP contribution in [0.4, 0.5) is 30.7 Å². The molecule has 1 aromatic rings. The van der Waals surface area contributed by atoms with E-state index in [1.165, 1.54) is 0 Å². The molecule has 102 valence electrons. The van der Waals surface area contributed by atoms with Gasteiger partial charge >= 0.3 is 6.18 Å². The summed E-state index contributed by atoms with van der Waals surface area (Å²) in [7, 11) is -1.03. The quantitative estimate of drug-likeness (QED) is 0.345. The first-order chi connectivity index (χ1) is 7.89. The van der Waals surface area contributed by atoms with E-state index in [2.05, 4.69) is 10.7 Å². The van der Waals surface area contributed by atoms with E-state index in [1.807, 2.05) is 0 Å². The summed E-state index contributed by atoms with van der Waals surface area (Å²) >= 11 is 0. The maximum absolute atomic E-state index is 13.0. The lowest BCUT2D eigenvalue weighted by molar-refractivity contribution is -0.143. The van der Waals surface area contributed by atoms with E-state index in [0.717, 1.165) is 0 Å². The van der Waals surface area contributed by atoms with Gasteiger partial charge in [0.05, 0.1) is 0 Å². The highest BCUT2D eigenvalue weighted by atomic mass is 35.7. The molecule has 0 atom stereocenters. The molecule has 0 aliphatic rings. The molecule has 0 fully saturated rings. The topological polar surface area (TPSA) is 34.1 Å². The summed E-state index contributed by atoms with van der Waals surface area (Å²) in [6.07, 6.45) is -5.78. The van der Waals surface area contributed by atoms with Crippen LogP contribution >= 0.6 is 10.7 Å². The molecule has 2 nitrogen and oxygen atoms in total. The molecule has 0 aliphatic carbocycles. The Hall–Kier alpha value is -1.03. The smallest absolute Gasteiger partial charge is 0.207 e. The van der Waals surface area contributed by atoms with Gasteiger partial charge in [0, 0.05) is 10.7 Å². The van der Waals surface area contributed by atoms with Crippen LogP contribution in [0.1, 0.15) is 5.56 Å². The van der Waals surface area contributed by atoms with E-state index < -0.39 is 49.0 Å². The molecule has 0 amide bonds. The van der Waals surface area contributed by atoms with E-state index >= 15 is 0 Å². The fraction of sp³-hybridized carbons (Fsp3) is 0.143. The molecular formula is C7ClF7O2S. The molecule has 11 heteroatoms. The van der Waals surface area contributed by atoms with Crippen molar-refractivity contribution in [3.63, 3.8) is 0 Å². The lowest BCUT2D eigenvalue weighted by Gasteiger charge is -2.13. The lowest BCUT2D eigenvalue weighted by atomic mass is 10.2.